The third-order valence-electron chi connectivity index (χ3n) is 6.41. The largest absolute Gasteiger partial charge is 0.400 e. The van der Waals surface area contributed by atoms with Gasteiger partial charge in [-0.05, 0) is 37.8 Å². The number of fused-ring (bicyclic) bond motifs is 1. The van der Waals surface area contributed by atoms with Crippen molar-refractivity contribution in [1.82, 2.24) is 24.7 Å². The summed E-state index contributed by atoms with van der Waals surface area (Å²) in [6.45, 7) is 0. The molecule has 4 aromatic rings. The van der Waals surface area contributed by atoms with Crippen molar-refractivity contribution in [3.63, 3.8) is 0 Å². The molecule has 0 unspecified atom stereocenters. The van der Waals surface area contributed by atoms with Crippen LogP contribution >= 0.6 is 0 Å². The van der Waals surface area contributed by atoms with E-state index in [1.165, 1.54) is 12.5 Å². The maximum atomic E-state index is 13.2. The van der Waals surface area contributed by atoms with E-state index in [0.717, 1.165) is 35.5 Å². The van der Waals surface area contributed by atoms with Crippen molar-refractivity contribution >= 4 is 34.5 Å². The van der Waals surface area contributed by atoms with Gasteiger partial charge in [-0.2, -0.15) is 13.2 Å². The average molecular weight is 484 g/mol. The van der Waals surface area contributed by atoms with Gasteiger partial charge in [0.15, 0.2) is 0 Å². The highest BCUT2D eigenvalue weighted by Gasteiger charge is 2.66. The number of hydrogen-bond donors (Lipinski definition) is 3. The zero-order chi connectivity index (χ0) is 24.4. The smallest absolute Gasteiger partial charge is 0.383 e. The normalized spacial score (nSPS) is 16.9. The Labute approximate surface area is 195 Å². The molecule has 0 atom stereocenters. The number of urea groups is 1. The minimum atomic E-state index is -4.42. The summed E-state index contributed by atoms with van der Waals surface area (Å²) in [5, 5.41) is 9.14. The van der Waals surface area contributed by atoms with E-state index in [2.05, 4.69) is 35.3 Å². The van der Waals surface area contributed by atoms with Crippen molar-refractivity contribution in [3.8, 4) is 11.3 Å². The van der Waals surface area contributed by atoms with Gasteiger partial charge in [-0.3, -0.25) is 10.3 Å². The standard InChI is InChI=1S/C22H19F3N8O2/c23-22(24,25)21(5-6-21)15-7-16(35-32-15)31-20(34)30-11-1-4-14(27-8-11)13-9-33(12-2-3-12)19-17(13)18(26)28-10-29-19/h1,4,7-10,12H,2-3,5-6H2,(H2,26,28,29)(H2,30,31,34). The number of hydrogen-bond acceptors (Lipinski definition) is 7. The fourth-order valence-electron chi connectivity index (χ4n) is 4.20. The summed E-state index contributed by atoms with van der Waals surface area (Å²) in [5.41, 5.74) is 6.44. The predicted molar refractivity (Wildman–Crippen MR) is 120 cm³/mol. The lowest BCUT2D eigenvalue weighted by atomic mass is 10.0. The van der Waals surface area contributed by atoms with Crippen LogP contribution in [-0.2, 0) is 5.41 Å². The van der Waals surface area contributed by atoms with E-state index in [0.29, 0.717) is 23.2 Å². The van der Waals surface area contributed by atoms with Gasteiger partial charge in [0, 0.05) is 23.9 Å². The highest BCUT2D eigenvalue weighted by atomic mass is 19.4. The van der Waals surface area contributed by atoms with E-state index in [-0.39, 0.29) is 24.4 Å². The van der Waals surface area contributed by atoms with Crippen LogP contribution in [-0.4, -0.2) is 36.9 Å². The molecule has 180 valence electrons. The molecule has 0 aliphatic heterocycles. The van der Waals surface area contributed by atoms with E-state index in [4.69, 9.17) is 10.3 Å². The Hall–Kier alpha value is -4.16. The number of amides is 2. The summed E-state index contributed by atoms with van der Waals surface area (Å²) in [7, 11) is 0. The molecule has 2 amide bonds. The van der Waals surface area contributed by atoms with Crippen molar-refractivity contribution in [2.45, 2.75) is 43.3 Å². The quantitative estimate of drug-likeness (QED) is 0.375. The Morgan fingerprint density at radius 2 is 1.97 bits per heavy atom. The molecule has 6 rings (SSSR count). The minimum Gasteiger partial charge on any atom is -0.383 e. The summed E-state index contributed by atoms with van der Waals surface area (Å²) >= 11 is 0. The zero-order valence-corrected chi connectivity index (χ0v) is 18.1. The van der Waals surface area contributed by atoms with Crippen LogP contribution in [0.2, 0.25) is 0 Å². The van der Waals surface area contributed by atoms with E-state index < -0.39 is 17.6 Å². The third-order valence-corrected chi connectivity index (χ3v) is 6.41. The Morgan fingerprint density at radius 1 is 1.17 bits per heavy atom. The molecule has 0 saturated heterocycles. The molecule has 2 saturated carbocycles. The van der Waals surface area contributed by atoms with E-state index in [1.807, 2.05) is 6.20 Å². The number of nitrogens with one attached hydrogen (secondary N) is 2. The van der Waals surface area contributed by atoms with Crippen molar-refractivity contribution in [1.29, 1.82) is 0 Å². The van der Waals surface area contributed by atoms with Gasteiger partial charge >= 0.3 is 12.2 Å². The molecule has 13 heteroatoms. The lowest BCUT2D eigenvalue weighted by Crippen LogP contribution is -2.28. The molecule has 0 bridgehead atoms. The maximum absolute atomic E-state index is 13.2. The van der Waals surface area contributed by atoms with Gasteiger partial charge in [0.1, 0.15) is 28.9 Å². The highest BCUT2D eigenvalue weighted by molar-refractivity contribution is 6.01. The van der Waals surface area contributed by atoms with E-state index in [1.54, 1.807) is 12.1 Å². The number of rotatable bonds is 5. The summed E-state index contributed by atoms with van der Waals surface area (Å²) < 4.78 is 46.7. The molecular formula is C22H19F3N8O2. The fraction of sp³-hybridized carbons (Fsp3) is 0.318. The van der Waals surface area contributed by atoms with Crippen LogP contribution < -0.4 is 16.4 Å². The molecule has 2 aliphatic rings. The van der Waals surface area contributed by atoms with Crippen LogP contribution in [0, 0.1) is 0 Å². The Balaban J connectivity index is 1.17. The lowest BCUT2D eigenvalue weighted by Gasteiger charge is -2.15. The first kappa shape index (κ1) is 21.4. The summed E-state index contributed by atoms with van der Waals surface area (Å²) in [6, 6.07) is 4.15. The summed E-state index contributed by atoms with van der Waals surface area (Å²) in [5.74, 6) is 0.179. The van der Waals surface area contributed by atoms with Crippen molar-refractivity contribution in [2.75, 3.05) is 16.4 Å². The molecule has 4 aromatic heterocycles. The summed E-state index contributed by atoms with van der Waals surface area (Å²) in [6.07, 6.45) is 2.48. The maximum Gasteiger partial charge on any atom is 0.400 e. The highest BCUT2D eigenvalue weighted by Crippen LogP contribution is 2.58. The van der Waals surface area contributed by atoms with Gasteiger partial charge in [-0.25, -0.2) is 14.8 Å². The topological polar surface area (TPSA) is 137 Å². The van der Waals surface area contributed by atoms with Gasteiger partial charge in [0.05, 0.1) is 23.0 Å². The van der Waals surface area contributed by atoms with Crippen LogP contribution in [0.15, 0.2) is 41.4 Å². The summed E-state index contributed by atoms with van der Waals surface area (Å²) in [4.78, 5) is 25.2. The number of anilines is 3. The third kappa shape index (κ3) is 3.63. The van der Waals surface area contributed by atoms with Gasteiger partial charge in [0.25, 0.3) is 0 Å². The Kier molecular flexibility index (Phi) is 4.53. The van der Waals surface area contributed by atoms with Crippen molar-refractivity contribution in [3.05, 3.63) is 42.6 Å². The molecule has 10 nitrogen and oxygen atoms in total. The van der Waals surface area contributed by atoms with Crippen LogP contribution in [0.5, 0.6) is 0 Å². The van der Waals surface area contributed by atoms with Crippen molar-refractivity contribution in [2.24, 2.45) is 0 Å². The first-order valence-corrected chi connectivity index (χ1v) is 10.9. The molecule has 0 aromatic carbocycles. The monoisotopic (exact) mass is 484 g/mol. The first-order chi connectivity index (χ1) is 16.7. The molecule has 0 spiro atoms. The Bertz CT molecular complexity index is 1440. The van der Waals surface area contributed by atoms with E-state index in [9.17, 15) is 18.0 Å². The second-order valence-electron chi connectivity index (χ2n) is 8.81. The van der Waals surface area contributed by atoms with Crippen LogP contribution in [0.25, 0.3) is 22.3 Å². The van der Waals surface area contributed by atoms with Crippen LogP contribution in [0.4, 0.5) is 35.4 Å². The SMILES string of the molecule is Nc1ncnc2c1c(-c1ccc(NC(=O)Nc3cc(C4(C(F)(F)F)CC4)no3)cn1)cn2C1CC1. The number of halogens is 3. The van der Waals surface area contributed by atoms with Crippen molar-refractivity contribution < 1.29 is 22.5 Å². The predicted octanol–water partition coefficient (Wildman–Crippen LogP) is 4.64. The molecular weight excluding hydrogens is 465 g/mol. The number of pyridine rings is 1. The molecule has 2 fully saturated rings. The number of nitrogens with zero attached hydrogens (tertiary/aromatic N) is 5. The number of alkyl halides is 3. The lowest BCUT2D eigenvalue weighted by molar-refractivity contribution is -0.161. The average Bonchev–Trinajstić information content (AvgIpc) is 3.74. The number of carbonyl (C=O) groups excluding carboxylic acids is 1. The molecule has 4 heterocycles. The first-order valence-electron chi connectivity index (χ1n) is 10.9. The van der Waals surface area contributed by atoms with Gasteiger partial charge in [0.2, 0.25) is 5.88 Å². The fourth-order valence-corrected chi connectivity index (χ4v) is 4.20. The van der Waals surface area contributed by atoms with Gasteiger partial charge in [-0.15, -0.1) is 0 Å². The van der Waals surface area contributed by atoms with Gasteiger partial charge < -0.3 is 20.1 Å². The molecule has 0 radical (unpaired) electrons. The second-order valence-corrected chi connectivity index (χ2v) is 8.81. The van der Waals surface area contributed by atoms with Crippen LogP contribution in [0.1, 0.15) is 37.4 Å². The van der Waals surface area contributed by atoms with E-state index >= 15 is 0 Å². The van der Waals surface area contributed by atoms with Crippen LogP contribution in [0.3, 0.4) is 0 Å². The van der Waals surface area contributed by atoms with Gasteiger partial charge in [-0.1, -0.05) is 5.16 Å². The Morgan fingerprint density at radius 3 is 2.63 bits per heavy atom. The molecule has 4 N–H and O–H groups in total. The molecule has 2 aliphatic carbocycles. The number of nitrogen functional groups attached to an aromatic ring is 1. The zero-order valence-electron chi connectivity index (χ0n) is 18.1. The minimum absolute atomic E-state index is 0.0518. The number of aromatic nitrogens is 5. The number of nitrogens with two attached hydrogens (primary N) is 1. The second kappa shape index (κ2) is 7.42. The molecule has 35 heavy (non-hydrogen) atoms. The number of carbonyl (C=O) groups is 1.